The normalized spacial score (nSPS) is 18.0. The van der Waals surface area contributed by atoms with Crippen LogP contribution in [0.25, 0.3) is 39.2 Å². The van der Waals surface area contributed by atoms with Gasteiger partial charge >= 0.3 is 6.01 Å². The standard InChI is InChI=1S/C37H38F2N8O3/c1-3-37(35(49)41-27-10-12-31-29(20-27)33(43-42-31)24-5-8-26(38)9-6-24)15-18-46(22-37)21-32(48)47-16-13-23(14-17-47)28-11-7-25(19-30(28)39)34-44-45-36(50-34)40-4-2/h5-13,19-20H,3-4,14-18,21-22H2,1-2H3,(H,40,45)(H,41,49)(H,42,43). The highest BCUT2D eigenvalue weighted by molar-refractivity contribution is 6.00. The average molecular weight is 681 g/mol. The van der Waals surface area contributed by atoms with E-state index < -0.39 is 5.41 Å². The van der Waals surface area contributed by atoms with Crippen molar-refractivity contribution in [3.63, 3.8) is 0 Å². The van der Waals surface area contributed by atoms with Gasteiger partial charge in [0.1, 0.15) is 11.6 Å². The summed E-state index contributed by atoms with van der Waals surface area (Å²) in [4.78, 5) is 30.9. The number of rotatable bonds is 10. The fraction of sp³-hybridized carbons (Fsp3) is 0.324. The van der Waals surface area contributed by atoms with Crippen LogP contribution >= 0.6 is 0 Å². The molecule has 1 fully saturated rings. The van der Waals surface area contributed by atoms with E-state index in [0.29, 0.717) is 74.5 Å². The predicted octanol–water partition coefficient (Wildman–Crippen LogP) is 6.35. The van der Waals surface area contributed by atoms with Crippen LogP contribution in [0.5, 0.6) is 0 Å². The van der Waals surface area contributed by atoms with E-state index >= 15 is 4.39 Å². The van der Waals surface area contributed by atoms with Crippen LogP contribution in [0.15, 0.2) is 71.2 Å². The second kappa shape index (κ2) is 13.8. The molecule has 1 saturated heterocycles. The summed E-state index contributed by atoms with van der Waals surface area (Å²) in [7, 11) is 0. The first-order valence-electron chi connectivity index (χ1n) is 16.9. The molecule has 1 unspecified atom stereocenters. The summed E-state index contributed by atoms with van der Waals surface area (Å²) in [6.45, 7) is 6.72. The number of hydrogen-bond donors (Lipinski definition) is 3. The van der Waals surface area contributed by atoms with Crippen LogP contribution in [0.1, 0.15) is 38.7 Å². The molecule has 5 aromatic rings. The van der Waals surface area contributed by atoms with Crippen LogP contribution in [0, 0.1) is 17.0 Å². The highest BCUT2D eigenvalue weighted by atomic mass is 19.1. The molecule has 50 heavy (non-hydrogen) atoms. The van der Waals surface area contributed by atoms with Crippen LogP contribution in [0.4, 0.5) is 20.5 Å². The molecule has 4 heterocycles. The van der Waals surface area contributed by atoms with Crippen molar-refractivity contribution in [3.8, 4) is 22.7 Å². The minimum atomic E-state index is -0.639. The van der Waals surface area contributed by atoms with Gasteiger partial charge in [0.15, 0.2) is 0 Å². The number of anilines is 2. The Hall–Kier alpha value is -5.43. The number of carbonyl (C=O) groups is 2. The smallest absolute Gasteiger partial charge is 0.315 e. The SMILES string of the molecule is CCNc1nnc(-c2ccc(C3=CCN(C(=O)CN4CCC(CC)(C(=O)Nc5ccc6[nH]nc(-c7ccc(F)cc7)c6c5)C4)CC3)c(F)c2)o1. The zero-order chi connectivity index (χ0) is 34.8. The number of likely N-dealkylation sites (tertiary alicyclic amines) is 1. The molecule has 7 rings (SSSR count). The van der Waals surface area contributed by atoms with Crippen molar-refractivity contribution in [2.24, 2.45) is 5.41 Å². The van der Waals surface area contributed by atoms with Gasteiger partial charge in [-0.25, -0.2) is 8.78 Å². The van der Waals surface area contributed by atoms with Gasteiger partial charge in [0, 0.05) is 53.9 Å². The van der Waals surface area contributed by atoms with Gasteiger partial charge in [-0.15, -0.1) is 5.10 Å². The lowest BCUT2D eigenvalue weighted by molar-refractivity contribution is -0.132. The maximum absolute atomic E-state index is 15.2. The minimum Gasteiger partial charge on any atom is -0.403 e. The lowest BCUT2D eigenvalue weighted by atomic mass is 9.83. The summed E-state index contributed by atoms with van der Waals surface area (Å²) in [6.07, 6.45) is 3.69. The first-order valence-corrected chi connectivity index (χ1v) is 16.9. The average Bonchev–Trinajstić information content (AvgIpc) is 3.88. The molecule has 0 saturated carbocycles. The summed E-state index contributed by atoms with van der Waals surface area (Å²) in [5.74, 6) is -0.579. The lowest BCUT2D eigenvalue weighted by Gasteiger charge is -2.30. The number of nitrogens with one attached hydrogen (secondary N) is 3. The van der Waals surface area contributed by atoms with Crippen molar-refractivity contribution in [2.75, 3.05) is 49.9 Å². The zero-order valence-electron chi connectivity index (χ0n) is 27.9. The third-order valence-corrected chi connectivity index (χ3v) is 9.77. The Labute approximate surface area is 287 Å². The molecule has 0 radical (unpaired) electrons. The largest absolute Gasteiger partial charge is 0.403 e. The van der Waals surface area contributed by atoms with Crippen molar-refractivity contribution in [1.82, 2.24) is 30.2 Å². The van der Waals surface area contributed by atoms with Crippen molar-refractivity contribution < 1.29 is 22.8 Å². The number of benzene rings is 3. The Bertz CT molecular complexity index is 2070. The first-order chi connectivity index (χ1) is 24.2. The van der Waals surface area contributed by atoms with E-state index in [4.69, 9.17) is 4.42 Å². The van der Waals surface area contributed by atoms with E-state index in [1.165, 1.54) is 18.2 Å². The molecule has 2 aromatic heterocycles. The molecule has 2 aliphatic heterocycles. The minimum absolute atomic E-state index is 0.0185. The molecule has 3 aromatic carbocycles. The van der Waals surface area contributed by atoms with Crippen LogP contribution in [0.2, 0.25) is 0 Å². The highest BCUT2D eigenvalue weighted by Gasteiger charge is 2.43. The van der Waals surface area contributed by atoms with E-state index in [0.717, 1.165) is 22.0 Å². The van der Waals surface area contributed by atoms with Gasteiger partial charge < -0.3 is 20.0 Å². The Kier molecular flexibility index (Phi) is 9.15. The van der Waals surface area contributed by atoms with E-state index in [-0.39, 0.29) is 41.9 Å². The fourth-order valence-corrected chi connectivity index (χ4v) is 6.81. The Morgan fingerprint density at radius 2 is 1.82 bits per heavy atom. The number of aromatic amines is 1. The molecule has 3 N–H and O–H groups in total. The van der Waals surface area contributed by atoms with Gasteiger partial charge in [0.25, 0.3) is 0 Å². The zero-order valence-corrected chi connectivity index (χ0v) is 27.9. The third-order valence-electron chi connectivity index (χ3n) is 9.77. The van der Waals surface area contributed by atoms with Crippen molar-refractivity contribution in [3.05, 3.63) is 83.9 Å². The second-order valence-corrected chi connectivity index (χ2v) is 12.8. The van der Waals surface area contributed by atoms with E-state index in [9.17, 15) is 14.0 Å². The van der Waals surface area contributed by atoms with E-state index in [1.807, 2.05) is 43.0 Å². The number of H-pyrrole nitrogens is 1. The number of nitrogens with zero attached hydrogens (tertiary/aromatic N) is 5. The Morgan fingerprint density at radius 1 is 1.00 bits per heavy atom. The van der Waals surface area contributed by atoms with Crippen LogP contribution in [-0.2, 0) is 9.59 Å². The van der Waals surface area contributed by atoms with Gasteiger partial charge in [-0.2, -0.15) is 5.10 Å². The summed E-state index contributed by atoms with van der Waals surface area (Å²) in [6, 6.07) is 16.8. The molecule has 0 spiro atoms. The molecule has 258 valence electrons. The maximum atomic E-state index is 15.2. The van der Waals surface area contributed by atoms with Gasteiger partial charge in [-0.1, -0.05) is 24.2 Å². The number of halogens is 2. The maximum Gasteiger partial charge on any atom is 0.315 e. The molecule has 1 atom stereocenters. The molecule has 13 heteroatoms. The Morgan fingerprint density at radius 3 is 2.56 bits per heavy atom. The number of carbonyl (C=O) groups excluding carboxylic acids is 2. The van der Waals surface area contributed by atoms with Gasteiger partial charge in [-0.3, -0.25) is 19.6 Å². The van der Waals surface area contributed by atoms with Crippen molar-refractivity contribution in [1.29, 1.82) is 0 Å². The second-order valence-electron chi connectivity index (χ2n) is 12.8. The van der Waals surface area contributed by atoms with Gasteiger partial charge in [0.2, 0.25) is 17.7 Å². The molecule has 11 nitrogen and oxygen atoms in total. The van der Waals surface area contributed by atoms with E-state index in [1.54, 1.807) is 29.2 Å². The summed E-state index contributed by atoms with van der Waals surface area (Å²) >= 11 is 0. The van der Waals surface area contributed by atoms with Crippen LogP contribution in [0.3, 0.4) is 0 Å². The molecule has 2 aliphatic rings. The molecular formula is C37H38F2N8O3. The predicted molar refractivity (Wildman–Crippen MR) is 187 cm³/mol. The van der Waals surface area contributed by atoms with Crippen LogP contribution in [-0.4, -0.2) is 81.3 Å². The quantitative estimate of drug-likeness (QED) is 0.156. The van der Waals surface area contributed by atoms with Crippen molar-refractivity contribution in [2.45, 2.75) is 33.1 Å². The molecular weight excluding hydrogens is 642 g/mol. The summed E-state index contributed by atoms with van der Waals surface area (Å²) in [5.41, 5.74) is 4.08. The molecule has 0 bridgehead atoms. The fourth-order valence-electron chi connectivity index (χ4n) is 6.81. The van der Waals surface area contributed by atoms with Gasteiger partial charge in [-0.05, 0) is 92.9 Å². The van der Waals surface area contributed by atoms with Gasteiger partial charge in [0.05, 0.1) is 23.2 Å². The third kappa shape index (κ3) is 6.60. The topological polar surface area (TPSA) is 132 Å². The first kappa shape index (κ1) is 33.1. The monoisotopic (exact) mass is 680 g/mol. The number of fused-ring (bicyclic) bond motifs is 1. The summed E-state index contributed by atoms with van der Waals surface area (Å²) < 4.78 is 34.2. The summed E-state index contributed by atoms with van der Waals surface area (Å²) in [5, 5.41) is 22.2. The molecule has 0 aliphatic carbocycles. The number of hydrogen-bond acceptors (Lipinski definition) is 8. The number of aromatic nitrogens is 4. The lowest BCUT2D eigenvalue weighted by Crippen LogP contribution is -2.43. The molecule has 2 amide bonds. The van der Waals surface area contributed by atoms with E-state index in [2.05, 4.69) is 31.0 Å². The van der Waals surface area contributed by atoms with Crippen LogP contribution < -0.4 is 10.6 Å². The number of amides is 2. The Balaban J connectivity index is 0.959. The highest BCUT2D eigenvalue weighted by Crippen LogP contribution is 2.37. The van der Waals surface area contributed by atoms with Crippen molar-refractivity contribution >= 4 is 40.0 Å².